The Morgan fingerprint density at radius 2 is 1.45 bits per heavy atom. The fraction of sp³-hybridized carbons (Fsp3) is 0.400. The average molecular weight is 525 g/mol. The van der Waals surface area contributed by atoms with Crippen molar-refractivity contribution < 1.29 is 39.0 Å². The van der Waals surface area contributed by atoms with Gasteiger partial charge in [-0.25, -0.2) is 0 Å². The molecule has 38 heavy (non-hydrogen) atoms. The van der Waals surface area contributed by atoms with E-state index in [4.69, 9.17) is 23.7 Å². The van der Waals surface area contributed by atoms with Crippen molar-refractivity contribution >= 4 is 0 Å². The van der Waals surface area contributed by atoms with Crippen LogP contribution in [0.5, 0.6) is 11.5 Å². The molecule has 0 aromatic heterocycles. The summed E-state index contributed by atoms with van der Waals surface area (Å²) in [7, 11) is 0. The van der Waals surface area contributed by atoms with E-state index in [2.05, 4.69) is 6.92 Å². The smallest absolute Gasteiger partial charge is 0.229 e. The molecule has 0 unspecified atom stereocenters. The van der Waals surface area contributed by atoms with Gasteiger partial charge in [-0.05, 0) is 41.3 Å². The minimum absolute atomic E-state index is 0.00135. The van der Waals surface area contributed by atoms with Gasteiger partial charge in [0.05, 0.1) is 26.4 Å². The fourth-order valence-corrected chi connectivity index (χ4v) is 4.17. The number of benzene rings is 3. The predicted molar refractivity (Wildman–Crippen MR) is 141 cm³/mol. The summed E-state index contributed by atoms with van der Waals surface area (Å²) in [6, 6.07) is 24.8. The van der Waals surface area contributed by atoms with Gasteiger partial charge in [-0.15, -0.1) is 0 Å². The molecule has 1 aliphatic rings. The third-order valence-electron chi connectivity index (χ3n) is 6.32. The second kappa shape index (κ2) is 14.2. The van der Waals surface area contributed by atoms with Gasteiger partial charge in [0.15, 0.2) is 0 Å². The second-order valence-electron chi connectivity index (χ2n) is 9.14. The van der Waals surface area contributed by atoms with E-state index in [1.807, 2.05) is 54.6 Å². The summed E-state index contributed by atoms with van der Waals surface area (Å²) in [5.74, 6) is 1.26. The second-order valence-corrected chi connectivity index (χ2v) is 9.14. The first-order chi connectivity index (χ1) is 18.5. The molecule has 0 aliphatic carbocycles. The molecule has 8 nitrogen and oxygen atoms in total. The van der Waals surface area contributed by atoms with Crippen LogP contribution < -0.4 is 9.47 Å². The van der Waals surface area contributed by atoms with Crippen molar-refractivity contribution in [2.24, 2.45) is 0 Å². The van der Waals surface area contributed by atoms with Crippen LogP contribution in [0.3, 0.4) is 0 Å². The van der Waals surface area contributed by atoms with Crippen molar-refractivity contribution in [3.05, 3.63) is 95.6 Å². The summed E-state index contributed by atoms with van der Waals surface area (Å²) < 4.78 is 28.9. The van der Waals surface area contributed by atoms with E-state index in [0.29, 0.717) is 25.6 Å². The molecule has 3 N–H and O–H groups in total. The minimum atomic E-state index is -1.43. The predicted octanol–water partition coefficient (Wildman–Crippen LogP) is 3.25. The largest absolute Gasteiger partial charge is 0.491 e. The average Bonchev–Trinajstić information content (AvgIpc) is 2.95. The lowest BCUT2D eigenvalue weighted by Crippen LogP contribution is -2.60. The van der Waals surface area contributed by atoms with E-state index in [1.165, 1.54) is 0 Å². The quantitative estimate of drug-likeness (QED) is 0.293. The Bertz CT molecular complexity index is 1090. The molecule has 3 aromatic carbocycles. The molecule has 3 aromatic rings. The lowest BCUT2D eigenvalue weighted by Gasteiger charge is -2.40. The Balaban J connectivity index is 1.26. The van der Waals surface area contributed by atoms with Crippen LogP contribution in [0.25, 0.3) is 0 Å². The number of aryl methyl sites for hydroxylation is 1. The van der Waals surface area contributed by atoms with Crippen LogP contribution in [0, 0.1) is 0 Å². The Kier molecular flexibility index (Phi) is 10.5. The topological polar surface area (TPSA) is 107 Å². The first-order valence-electron chi connectivity index (χ1n) is 12.9. The van der Waals surface area contributed by atoms with Gasteiger partial charge in [0, 0.05) is 0 Å². The zero-order chi connectivity index (χ0) is 26.7. The normalized spacial score (nSPS) is 23.2. The number of hydrogen-bond acceptors (Lipinski definition) is 8. The number of para-hydroxylation sites is 1. The number of aliphatic hydroxyl groups excluding tert-OH is 3. The van der Waals surface area contributed by atoms with Crippen LogP contribution in [0.4, 0.5) is 0 Å². The first kappa shape index (κ1) is 28.0. The van der Waals surface area contributed by atoms with E-state index in [9.17, 15) is 15.3 Å². The molecule has 0 radical (unpaired) electrons. The maximum absolute atomic E-state index is 10.4. The van der Waals surface area contributed by atoms with Crippen LogP contribution in [-0.4, -0.2) is 65.8 Å². The molecule has 1 saturated heterocycles. The SMILES string of the molecule is CCc1ccc(COC[C@H]2O[C@H](Oc3ccccc3)[C@H](O)[C@@H](O)[C@@H]2O)cc1OCCOCc1ccccc1. The molecule has 5 atom stereocenters. The Hall–Kier alpha value is -2.98. The van der Waals surface area contributed by atoms with Gasteiger partial charge < -0.3 is 39.0 Å². The van der Waals surface area contributed by atoms with E-state index in [0.717, 1.165) is 28.9 Å². The highest BCUT2D eigenvalue weighted by atomic mass is 16.7. The van der Waals surface area contributed by atoms with Crippen LogP contribution in [0.2, 0.25) is 0 Å². The fourth-order valence-electron chi connectivity index (χ4n) is 4.17. The van der Waals surface area contributed by atoms with Crippen molar-refractivity contribution in [2.45, 2.75) is 57.3 Å². The Labute approximate surface area is 223 Å². The monoisotopic (exact) mass is 524 g/mol. The molecule has 1 heterocycles. The summed E-state index contributed by atoms with van der Waals surface area (Å²) in [6.07, 6.45) is -5.35. The number of rotatable bonds is 13. The molecule has 8 heteroatoms. The molecule has 4 rings (SSSR count). The van der Waals surface area contributed by atoms with E-state index in [1.54, 1.807) is 24.3 Å². The van der Waals surface area contributed by atoms with Crippen molar-refractivity contribution in [1.29, 1.82) is 0 Å². The lowest BCUT2D eigenvalue weighted by molar-refractivity contribution is -0.280. The molecule has 1 aliphatic heterocycles. The van der Waals surface area contributed by atoms with Gasteiger partial charge in [0.1, 0.15) is 42.5 Å². The number of hydrogen-bond donors (Lipinski definition) is 3. The molecule has 0 bridgehead atoms. The molecule has 0 amide bonds. The standard InChI is InChI=1S/C30H36O8/c1-2-23-14-13-22(17-25(23)36-16-15-34-18-21-9-5-3-6-10-21)19-35-20-26-27(31)28(32)29(33)30(38-26)37-24-11-7-4-8-12-24/h3-14,17,26-33H,2,15-16,18-20H2,1H3/t26-,27-,28+,29-,30+/m1/s1. The lowest BCUT2D eigenvalue weighted by atomic mass is 9.99. The zero-order valence-electron chi connectivity index (χ0n) is 21.5. The van der Waals surface area contributed by atoms with E-state index in [-0.39, 0.29) is 13.2 Å². The summed E-state index contributed by atoms with van der Waals surface area (Å²) in [6.45, 7) is 3.75. The highest BCUT2D eigenvalue weighted by Crippen LogP contribution is 2.26. The van der Waals surface area contributed by atoms with Crippen molar-refractivity contribution in [3.63, 3.8) is 0 Å². The van der Waals surface area contributed by atoms with Gasteiger partial charge in [0.25, 0.3) is 0 Å². The molecular formula is C30H36O8. The van der Waals surface area contributed by atoms with Gasteiger partial charge in [-0.1, -0.05) is 67.6 Å². The molecular weight excluding hydrogens is 488 g/mol. The zero-order valence-corrected chi connectivity index (χ0v) is 21.5. The summed E-state index contributed by atoms with van der Waals surface area (Å²) in [5.41, 5.74) is 3.10. The van der Waals surface area contributed by atoms with Gasteiger partial charge >= 0.3 is 0 Å². The summed E-state index contributed by atoms with van der Waals surface area (Å²) in [4.78, 5) is 0. The third kappa shape index (κ3) is 7.77. The molecule has 0 saturated carbocycles. The van der Waals surface area contributed by atoms with Crippen LogP contribution in [0.1, 0.15) is 23.6 Å². The maximum Gasteiger partial charge on any atom is 0.229 e. The van der Waals surface area contributed by atoms with E-state index >= 15 is 0 Å². The highest BCUT2D eigenvalue weighted by molar-refractivity contribution is 5.37. The van der Waals surface area contributed by atoms with Crippen LogP contribution in [-0.2, 0) is 33.8 Å². The Morgan fingerprint density at radius 1 is 0.737 bits per heavy atom. The van der Waals surface area contributed by atoms with Crippen molar-refractivity contribution in [1.82, 2.24) is 0 Å². The highest BCUT2D eigenvalue weighted by Gasteiger charge is 2.45. The number of aliphatic hydroxyl groups is 3. The molecule has 1 fully saturated rings. The molecule has 204 valence electrons. The summed E-state index contributed by atoms with van der Waals surface area (Å²) in [5, 5.41) is 31.0. The van der Waals surface area contributed by atoms with Gasteiger partial charge in [-0.3, -0.25) is 0 Å². The van der Waals surface area contributed by atoms with Gasteiger partial charge in [0.2, 0.25) is 6.29 Å². The van der Waals surface area contributed by atoms with Crippen LogP contribution in [0.15, 0.2) is 78.9 Å². The minimum Gasteiger partial charge on any atom is -0.491 e. The third-order valence-corrected chi connectivity index (χ3v) is 6.32. The van der Waals surface area contributed by atoms with Gasteiger partial charge in [-0.2, -0.15) is 0 Å². The van der Waals surface area contributed by atoms with Crippen molar-refractivity contribution in [2.75, 3.05) is 19.8 Å². The Morgan fingerprint density at radius 3 is 2.18 bits per heavy atom. The maximum atomic E-state index is 10.4. The molecule has 0 spiro atoms. The number of ether oxygens (including phenoxy) is 5. The van der Waals surface area contributed by atoms with Crippen molar-refractivity contribution in [3.8, 4) is 11.5 Å². The summed E-state index contributed by atoms with van der Waals surface area (Å²) >= 11 is 0. The van der Waals surface area contributed by atoms with E-state index < -0.39 is 30.7 Å². The first-order valence-corrected chi connectivity index (χ1v) is 12.9. The van der Waals surface area contributed by atoms with Crippen LogP contribution >= 0.6 is 0 Å².